The Morgan fingerprint density at radius 1 is 0.885 bits per heavy atom. The molecule has 0 bridgehead atoms. The van der Waals surface area contributed by atoms with E-state index in [0.29, 0.717) is 48.7 Å². The lowest BCUT2D eigenvalue weighted by molar-refractivity contribution is -0.199. The molecule has 1 saturated heterocycles. The summed E-state index contributed by atoms with van der Waals surface area (Å²) >= 11 is 0. The van der Waals surface area contributed by atoms with Crippen LogP contribution in [-0.4, -0.2) is 112 Å². The molecule has 3 unspecified atom stereocenters. The number of ether oxygens (including phenoxy) is 2. The maximum absolute atomic E-state index is 12.4. The molecule has 2 heterocycles. The minimum atomic E-state index is -3.96. The predicted octanol–water partition coefficient (Wildman–Crippen LogP) is 4.65. The van der Waals surface area contributed by atoms with E-state index in [0.717, 1.165) is 44.8 Å². The molecule has 1 aliphatic rings. The lowest BCUT2D eigenvalue weighted by atomic mass is 9.96. The van der Waals surface area contributed by atoms with Gasteiger partial charge in [0.25, 0.3) is 11.8 Å². The van der Waals surface area contributed by atoms with Crippen LogP contribution in [0.1, 0.15) is 132 Å². The largest absolute Gasteiger partial charge is 0.458 e. The highest BCUT2D eigenvalue weighted by molar-refractivity contribution is 7.87. The number of aromatic nitrogens is 3. The standard InChI is InChI=1S/C20H31NO8S.C17H24N4O2.C5H12O.CH4O/c1-12(2)7-8-21-19(24)14-5-6-17(18(9-14)29-30(25,26)13(3)4)28-20-16(23)10-15(22)11-27-20;1-3-12(2)4-9-16(22)13-5-7-14(8-6-13)17(23)18-10-15-11-19-21-20-15;1-5(2)3-4-6;1-2/h5-6,9,12-13,15-16,20,22-23H,7-8,10-11H2,1-4H3,(H,21,24);5-8,11-12,16,22H,3-4,9-10H2,1-2H3,(H,18,23)(H,19,20,21);5-6H,3-4H2,1-2H3;2H,1H3/t15-,16?,20+;;;/m1.../s1. The van der Waals surface area contributed by atoms with Crippen molar-refractivity contribution in [2.45, 2.75) is 130 Å². The summed E-state index contributed by atoms with van der Waals surface area (Å²) in [7, 11) is -2.96. The molecule has 18 heteroatoms. The second kappa shape index (κ2) is 29.2. The van der Waals surface area contributed by atoms with Gasteiger partial charge in [-0.3, -0.25) is 9.59 Å². The first-order chi connectivity index (χ1) is 28.9. The highest BCUT2D eigenvalue weighted by Gasteiger charge is 2.32. The number of rotatable bonds is 19. The Hall–Kier alpha value is -4.17. The number of aliphatic hydroxyl groups excluding tert-OH is 5. The van der Waals surface area contributed by atoms with Crippen LogP contribution in [0.3, 0.4) is 0 Å². The molecule has 2 aromatic carbocycles. The van der Waals surface area contributed by atoms with Gasteiger partial charge in [0.15, 0.2) is 11.5 Å². The molecule has 1 aromatic heterocycles. The van der Waals surface area contributed by atoms with Crippen molar-refractivity contribution in [1.29, 1.82) is 0 Å². The molecule has 346 valence electrons. The number of carbonyl (C=O) groups excluding carboxylic acids is 2. The van der Waals surface area contributed by atoms with Crippen LogP contribution in [0.25, 0.3) is 0 Å². The minimum absolute atomic E-state index is 0.00149. The molecule has 5 atom stereocenters. The number of amides is 2. The number of nitrogens with one attached hydrogen (secondary N) is 3. The zero-order valence-electron chi connectivity index (χ0n) is 37.2. The first kappa shape index (κ1) is 54.8. The average Bonchev–Trinajstić information content (AvgIpc) is 3.75. The summed E-state index contributed by atoms with van der Waals surface area (Å²) in [5, 5.41) is 59.8. The Bertz CT molecular complexity index is 1760. The van der Waals surface area contributed by atoms with Gasteiger partial charge in [0.1, 0.15) is 11.8 Å². The van der Waals surface area contributed by atoms with Gasteiger partial charge in [-0.25, -0.2) is 0 Å². The van der Waals surface area contributed by atoms with Gasteiger partial charge in [-0.15, -0.1) is 0 Å². The van der Waals surface area contributed by atoms with E-state index in [2.05, 4.69) is 53.7 Å². The van der Waals surface area contributed by atoms with Crippen molar-refractivity contribution in [1.82, 2.24) is 26.0 Å². The van der Waals surface area contributed by atoms with Gasteiger partial charge in [0, 0.05) is 37.8 Å². The second-order valence-corrected chi connectivity index (χ2v) is 17.9. The van der Waals surface area contributed by atoms with Gasteiger partial charge in [-0.2, -0.15) is 23.8 Å². The Morgan fingerprint density at radius 3 is 2.03 bits per heavy atom. The Labute approximate surface area is 361 Å². The van der Waals surface area contributed by atoms with E-state index in [4.69, 9.17) is 23.9 Å². The topological polar surface area (TPSA) is 263 Å². The summed E-state index contributed by atoms with van der Waals surface area (Å²) in [6.07, 6.45) is 2.72. The molecular weight excluding hydrogens is 811 g/mol. The monoisotopic (exact) mass is 881 g/mol. The van der Waals surface area contributed by atoms with Crippen molar-refractivity contribution in [2.75, 3.05) is 26.9 Å². The van der Waals surface area contributed by atoms with Gasteiger partial charge in [0.05, 0.1) is 36.8 Å². The maximum atomic E-state index is 12.4. The van der Waals surface area contributed by atoms with E-state index >= 15 is 0 Å². The van der Waals surface area contributed by atoms with Crippen LogP contribution in [0.5, 0.6) is 11.5 Å². The summed E-state index contributed by atoms with van der Waals surface area (Å²) in [5.74, 6) is 0.970. The lowest BCUT2D eigenvalue weighted by Crippen LogP contribution is -2.44. The third-order valence-electron chi connectivity index (χ3n) is 9.31. The van der Waals surface area contributed by atoms with E-state index < -0.39 is 40.0 Å². The highest BCUT2D eigenvalue weighted by Crippen LogP contribution is 2.33. The van der Waals surface area contributed by atoms with Crippen molar-refractivity contribution in [3.63, 3.8) is 0 Å². The third kappa shape index (κ3) is 21.5. The SMILES string of the molecule is CC(C)CCNC(=O)c1ccc(O[C@@H]2OC[C@H](O)CC2O)c(OS(=O)(=O)C(C)C)c1.CC(C)CCO.CCC(C)CCC(O)c1ccc(C(=O)NCc2cn[nH]n2)cc1.CO. The molecular formula is C43H71N5O12S. The smallest absolute Gasteiger partial charge is 0.311 e. The number of aromatic amines is 1. The van der Waals surface area contributed by atoms with E-state index in [1.54, 1.807) is 18.3 Å². The normalized spacial score (nSPS) is 17.1. The summed E-state index contributed by atoms with van der Waals surface area (Å²) in [4.78, 5) is 24.5. The fourth-order valence-corrected chi connectivity index (χ4v) is 5.71. The van der Waals surface area contributed by atoms with Crippen LogP contribution in [0.4, 0.5) is 0 Å². The number of aliphatic hydroxyl groups is 5. The number of carbonyl (C=O) groups is 2. The van der Waals surface area contributed by atoms with Gasteiger partial charge in [0.2, 0.25) is 6.29 Å². The number of benzene rings is 2. The second-order valence-electron chi connectivity index (χ2n) is 15.8. The van der Waals surface area contributed by atoms with Crippen LogP contribution in [0.15, 0.2) is 48.7 Å². The van der Waals surface area contributed by atoms with Crippen molar-refractivity contribution in [3.8, 4) is 11.5 Å². The Morgan fingerprint density at radius 2 is 1.51 bits per heavy atom. The molecule has 4 rings (SSSR count). The van der Waals surface area contributed by atoms with Crippen LogP contribution in [0.2, 0.25) is 0 Å². The van der Waals surface area contributed by atoms with Crippen molar-refractivity contribution < 1.29 is 57.2 Å². The molecule has 8 N–H and O–H groups in total. The van der Waals surface area contributed by atoms with Crippen LogP contribution >= 0.6 is 0 Å². The lowest BCUT2D eigenvalue weighted by Gasteiger charge is -2.31. The van der Waals surface area contributed by atoms with Gasteiger partial charge in [-0.1, -0.05) is 60.1 Å². The van der Waals surface area contributed by atoms with Crippen LogP contribution in [-0.2, 0) is 21.4 Å². The van der Waals surface area contributed by atoms with Crippen molar-refractivity contribution in [2.24, 2.45) is 17.8 Å². The Balaban J connectivity index is 0.000000531. The van der Waals surface area contributed by atoms with Crippen LogP contribution < -0.4 is 19.6 Å². The van der Waals surface area contributed by atoms with Gasteiger partial charge >= 0.3 is 10.1 Å². The first-order valence-corrected chi connectivity index (χ1v) is 22.3. The number of H-pyrrole nitrogens is 1. The first-order valence-electron chi connectivity index (χ1n) is 20.8. The molecule has 1 aliphatic heterocycles. The minimum Gasteiger partial charge on any atom is -0.458 e. The molecule has 0 aliphatic carbocycles. The number of hydrogen-bond acceptors (Lipinski definition) is 14. The molecule has 0 spiro atoms. The number of nitrogens with zero attached hydrogens (tertiary/aromatic N) is 2. The van der Waals surface area contributed by atoms with E-state index in [-0.39, 0.29) is 41.9 Å². The predicted molar refractivity (Wildman–Crippen MR) is 232 cm³/mol. The highest BCUT2D eigenvalue weighted by atomic mass is 32.2. The molecule has 3 aromatic rings. The fourth-order valence-electron chi connectivity index (χ4n) is 5.13. The molecule has 61 heavy (non-hydrogen) atoms. The van der Waals surface area contributed by atoms with Gasteiger partial charge in [-0.05, 0) is 93.2 Å². The Kier molecular flexibility index (Phi) is 26.2. The quantitative estimate of drug-likeness (QED) is 0.0763. The zero-order chi connectivity index (χ0) is 46.1. The maximum Gasteiger partial charge on any atom is 0.311 e. The molecule has 2 amide bonds. The van der Waals surface area contributed by atoms with Crippen molar-refractivity contribution in [3.05, 3.63) is 71.0 Å². The summed E-state index contributed by atoms with van der Waals surface area (Å²) < 4.78 is 40.7. The fraction of sp³-hybridized carbons (Fsp3) is 0.628. The van der Waals surface area contributed by atoms with E-state index in [1.807, 2.05) is 26.0 Å². The van der Waals surface area contributed by atoms with E-state index in [1.165, 1.54) is 32.0 Å². The third-order valence-corrected chi connectivity index (χ3v) is 10.9. The average molecular weight is 882 g/mol. The molecule has 17 nitrogen and oxygen atoms in total. The molecule has 0 radical (unpaired) electrons. The van der Waals surface area contributed by atoms with E-state index in [9.17, 15) is 33.3 Å². The van der Waals surface area contributed by atoms with Crippen molar-refractivity contribution >= 4 is 21.9 Å². The summed E-state index contributed by atoms with van der Waals surface area (Å²) in [6, 6.07) is 11.2. The van der Waals surface area contributed by atoms with Crippen LogP contribution in [0, 0.1) is 17.8 Å². The molecule has 1 fully saturated rings. The number of hydrogen-bond donors (Lipinski definition) is 8. The summed E-state index contributed by atoms with van der Waals surface area (Å²) in [6.45, 7) is 16.7. The van der Waals surface area contributed by atoms with Gasteiger partial charge < -0.3 is 49.8 Å². The summed E-state index contributed by atoms with van der Waals surface area (Å²) in [5.41, 5.74) is 2.30. The molecule has 0 saturated carbocycles. The zero-order valence-corrected chi connectivity index (χ0v) is 38.0.